The number of rotatable bonds is 8. The van der Waals surface area contributed by atoms with Crippen molar-refractivity contribution >= 4 is 0 Å². The van der Waals surface area contributed by atoms with Gasteiger partial charge in [-0.3, -0.25) is 9.88 Å². The number of furan rings is 1. The van der Waals surface area contributed by atoms with Crippen molar-refractivity contribution in [1.29, 1.82) is 0 Å². The highest BCUT2D eigenvalue weighted by Gasteiger charge is 2.51. The molecule has 2 aliphatic rings. The lowest BCUT2D eigenvalue weighted by Gasteiger charge is -2.42. The van der Waals surface area contributed by atoms with Crippen LogP contribution in [0, 0.1) is 0 Å². The molecule has 28 heavy (non-hydrogen) atoms. The summed E-state index contributed by atoms with van der Waals surface area (Å²) in [5, 5.41) is 23.5. The van der Waals surface area contributed by atoms with Crippen molar-refractivity contribution in [2.45, 2.75) is 50.2 Å². The van der Waals surface area contributed by atoms with Crippen LogP contribution in [-0.4, -0.2) is 70.9 Å². The van der Waals surface area contributed by atoms with Crippen molar-refractivity contribution in [1.82, 2.24) is 15.2 Å². The van der Waals surface area contributed by atoms with E-state index in [1.165, 1.54) is 0 Å². The van der Waals surface area contributed by atoms with E-state index in [0.29, 0.717) is 24.7 Å². The molecule has 4 heterocycles. The summed E-state index contributed by atoms with van der Waals surface area (Å²) in [6.07, 6.45) is 1.29. The Balaban J connectivity index is 1.38. The van der Waals surface area contributed by atoms with E-state index >= 15 is 0 Å². The number of nitrogens with one attached hydrogen (secondary N) is 1. The SMILES string of the molecule is CN(CCc1ccccn1)C1C2OCC(O2)C(NCc2ccc(CO)o2)C1O. The molecule has 2 aromatic heterocycles. The number of fused-ring (bicyclic) bond motifs is 2. The highest BCUT2D eigenvalue weighted by Crippen LogP contribution is 2.31. The normalized spacial score (nSPS) is 29.5. The van der Waals surface area contributed by atoms with Crippen LogP contribution in [0.25, 0.3) is 0 Å². The summed E-state index contributed by atoms with van der Waals surface area (Å²) in [6.45, 7) is 1.49. The van der Waals surface area contributed by atoms with Gasteiger partial charge in [-0.2, -0.15) is 0 Å². The minimum Gasteiger partial charge on any atom is -0.462 e. The first-order valence-corrected chi connectivity index (χ1v) is 9.63. The first-order valence-electron chi connectivity index (χ1n) is 9.63. The van der Waals surface area contributed by atoms with Crippen molar-refractivity contribution in [3.05, 3.63) is 53.7 Å². The number of aliphatic hydroxyl groups excluding tert-OH is 2. The molecule has 0 amide bonds. The van der Waals surface area contributed by atoms with Crippen LogP contribution in [0.5, 0.6) is 0 Å². The summed E-state index contributed by atoms with van der Waals surface area (Å²) in [7, 11) is 1.97. The smallest absolute Gasteiger partial charge is 0.176 e. The van der Waals surface area contributed by atoms with Crippen LogP contribution >= 0.6 is 0 Å². The highest BCUT2D eigenvalue weighted by atomic mass is 16.7. The second-order valence-electron chi connectivity index (χ2n) is 7.34. The van der Waals surface area contributed by atoms with Crippen LogP contribution in [0.15, 0.2) is 40.9 Å². The van der Waals surface area contributed by atoms with Crippen LogP contribution in [0.1, 0.15) is 17.2 Å². The van der Waals surface area contributed by atoms with E-state index in [0.717, 1.165) is 18.7 Å². The Morgan fingerprint density at radius 3 is 2.86 bits per heavy atom. The molecule has 0 spiro atoms. The van der Waals surface area contributed by atoms with Gasteiger partial charge < -0.3 is 29.4 Å². The number of nitrogens with zero attached hydrogens (tertiary/aromatic N) is 2. The molecule has 2 aromatic rings. The Bertz CT molecular complexity index is 755. The number of aliphatic hydroxyl groups is 2. The number of pyridine rings is 1. The maximum Gasteiger partial charge on any atom is 0.176 e. The van der Waals surface area contributed by atoms with Gasteiger partial charge in [0, 0.05) is 24.9 Å². The average molecular weight is 389 g/mol. The third-order valence-electron chi connectivity index (χ3n) is 5.47. The Kier molecular flexibility index (Phi) is 6.05. The fourth-order valence-electron chi connectivity index (χ4n) is 3.93. The van der Waals surface area contributed by atoms with Gasteiger partial charge in [-0.15, -0.1) is 0 Å². The maximum atomic E-state index is 11.1. The fraction of sp³-hybridized carbons (Fsp3) is 0.550. The van der Waals surface area contributed by atoms with Crippen molar-refractivity contribution < 1.29 is 24.1 Å². The lowest BCUT2D eigenvalue weighted by molar-refractivity contribution is -0.178. The quantitative estimate of drug-likeness (QED) is 0.592. The molecule has 2 saturated heterocycles. The molecular formula is C20H27N3O5. The van der Waals surface area contributed by atoms with Gasteiger partial charge in [-0.1, -0.05) is 6.07 Å². The summed E-state index contributed by atoms with van der Waals surface area (Å²) >= 11 is 0. The fourth-order valence-corrected chi connectivity index (χ4v) is 3.93. The highest BCUT2D eigenvalue weighted by molar-refractivity contribution is 5.08. The zero-order valence-corrected chi connectivity index (χ0v) is 15.9. The van der Waals surface area contributed by atoms with Gasteiger partial charge >= 0.3 is 0 Å². The zero-order chi connectivity index (χ0) is 19.5. The Morgan fingerprint density at radius 2 is 2.11 bits per heavy atom. The molecule has 0 radical (unpaired) electrons. The van der Waals surface area contributed by atoms with Crippen LogP contribution in [0.4, 0.5) is 0 Å². The standard InChI is InChI=1S/C20H27N3O5/c1-23(9-7-13-4-2-3-8-21-13)18-19(25)17(16-12-26-20(18)28-16)22-10-14-5-6-15(11-24)27-14/h2-6,8,16-20,22,24-25H,7,9-12H2,1H3. The molecule has 3 N–H and O–H groups in total. The van der Waals surface area contributed by atoms with E-state index in [2.05, 4.69) is 15.2 Å². The van der Waals surface area contributed by atoms with E-state index in [4.69, 9.17) is 19.0 Å². The summed E-state index contributed by atoms with van der Waals surface area (Å²) in [4.78, 5) is 6.44. The van der Waals surface area contributed by atoms with E-state index in [1.807, 2.05) is 31.3 Å². The van der Waals surface area contributed by atoms with Gasteiger partial charge in [-0.25, -0.2) is 0 Å². The van der Waals surface area contributed by atoms with Gasteiger partial charge in [0.15, 0.2) is 6.29 Å². The molecule has 4 rings (SSSR count). The van der Waals surface area contributed by atoms with Gasteiger partial charge in [0.05, 0.1) is 31.3 Å². The van der Waals surface area contributed by atoms with E-state index in [-0.39, 0.29) is 24.8 Å². The topological polar surface area (TPSA) is 100 Å². The molecule has 0 saturated carbocycles. The predicted molar refractivity (Wildman–Crippen MR) is 100 cm³/mol. The zero-order valence-electron chi connectivity index (χ0n) is 15.9. The lowest BCUT2D eigenvalue weighted by atomic mass is 9.95. The average Bonchev–Trinajstić information content (AvgIpc) is 3.35. The van der Waals surface area contributed by atoms with Crippen LogP contribution < -0.4 is 5.32 Å². The molecule has 8 nitrogen and oxygen atoms in total. The summed E-state index contributed by atoms with van der Waals surface area (Å²) in [6, 6.07) is 8.89. The largest absolute Gasteiger partial charge is 0.462 e. The van der Waals surface area contributed by atoms with Crippen LogP contribution in [0.2, 0.25) is 0 Å². The van der Waals surface area contributed by atoms with E-state index in [1.54, 1.807) is 12.3 Å². The molecule has 5 unspecified atom stereocenters. The van der Waals surface area contributed by atoms with E-state index < -0.39 is 12.4 Å². The second-order valence-corrected chi connectivity index (χ2v) is 7.34. The molecule has 152 valence electrons. The number of hydrogen-bond donors (Lipinski definition) is 3. The second kappa shape index (κ2) is 8.69. The van der Waals surface area contributed by atoms with Crippen molar-refractivity contribution in [2.75, 3.05) is 20.2 Å². The number of ether oxygens (including phenoxy) is 2. The molecule has 0 aliphatic carbocycles. The van der Waals surface area contributed by atoms with E-state index in [9.17, 15) is 5.11 Å². The molecule has 2 aliphatic heterocycles. The van der Waals surface area contributed by atoms with Crippen molar-refractivity contribution in [3.63, 3.8) is 0 Å². The van der Waals surface area contributed by atoms with Crippen LogP contribution in [-0.2, 0) is 29.0 Å². The van der Waals surface area contributed by atoms with Gasteiger partial charge in [0.2, 0.25) is 0 Å². The molecular weight excluding hydrogens is 362 g/mol. The minimum atomic E-state index is -0.646. The monoisotopic (exact) mass is 389 g/mol. The van der Waals surface area contributed by atoms with Gasteiger partial charge in [0.1, 0.15) is 24.2 Å². The predicted octanol–water partition coefficient (Wildman–Crippen LogP) is 0.284. The lowest BCUT2D eigenvalue weighted by Crippen LogP contribution is -2.63. The third kappa shape index (κ3) is 4.12. The molecule has 2 bridgehead atoms. The summed E-state index contributed by atoms with van der Waals surface area (Å²) < 4.78 is 17.3. The number of aromatic nitrogens is 1. The molecule has 0 aromatic carbocycles. The molecule has 5 atom stereocenters. The summed E-state index contributed by atoms with van der Waals surface area (Å²) in [5.74, 6) is 1.23. The first kappa shape index (κ1) is 19.5. The number of likely N-dealkylation sites (N-methyl/N-ethyl adjacent to an activating group) is 1. The first-order chi connectivity index (χ1) is 13.7. The third-order valence-corrected chi connectivity index (χ3v) is 5.47. The maximum absolute atomic E-state index is 11.1. The van der Waals surface area contributed by atoms with Gasteiger partial charge in [-0.05, 0) is 31.3 Å². The Labute approximate surface area is 164 Å². The Morgan fingerprint density at radius 1 is 1.25 bits per heavy atom. The minimum absolute atomic E-state index is 0.129. The van der Waals surface area contributed by atoms with Crippen molar-refractivity contribution in [3.8, 4) is 0 Å². The van der Waals surface area contributed by atoms with Crippen LogP contribution in [0.3, 0.4) is 0 Å². The molecule has 8 heteroatoms. The molecule has 2 fully saturated rings. The van der Waals surface area contributed by atoms with Crippen molar-refractivity contribution in [2.24, 2.45) is 0 Å². The number of hydrogen-bond acceptors (Lipinski definition) is 8. The Hall–Kier alpha value is -1.81. The van der Waals surface area contributed by atoms with Gasteiger partial charge in [0.25, 0.3) is 0 Å². The summed E-state index contributed by atoms with van der Waals surface area (Å²) in [5.41, 5.74) is 1.01.